The molecule has 3 aromatic carbocycles. The second kappa shape index (κ2) is 8.84. The van der Waals surface area contributed by atoms with E-state index in [1.807, 2.05) is 12.1 Å². The number of pyridine rings is 1. The SMILES string of the molecule is COc1ccccc1C=C1CCCc2c(-c3ccccc3)cc(-c3ccccc3)[n+](C)c21. The summed E-state index contributed by atoms with van der Waals surface area (Å²) >= 11 is 0. The van der Waals surface area contributed by atoms with Gasteiger partial charge in [0, 0.05) is 28.3 Å². The Morgan fingerprint density at radius 1 is 0.781 bits per heavy atom. The van der Waals surface area contributed by atoms with Gasteiger partial charge >= 0.3 is 0 Å². The highest BCUT2D eigenvalue weighted by atomic mass is 16.5. The van der Waals surface area contributed by atoms with Crippen LogP contribution >= 0.6 is 0 Å². The van der Waals surface area contributed by atoms with Gasteiger partial charge in [-0.25, -0.2) is 0 Å². The van der Waals surface area contributed by atoms with Crippen LogP contribution in [0.3, 0.4) is 0 Å². The van der Waals surface area contributed by atoms with Gasteiger partial charge in [0.25, 0.3) is 0 Å². The Bertz CT molecular complexity index is 1270. The van der Waals surface area contributed by atoms with Gasteiger partial charge in [0.2, 0.25) is 11.4 Å². The minimum Gasteiger partial charge on any atom is -0.496 e. The van der Waals surface area contributed by atoms with Crippen molar-refractivity contribution in [1.29, 1.82) is 0 Å². The molecular formula is C30H28NO+. The first-order valence-corrected chi connectivity index (χ1v) is 11.3. The summed E-state index contributed by atoms with van der Waals surface area (Å²) in [5, 5.41) is 0. The summed E-state index contributed by atoms with van der Waals surface area (Å²) in [6, 6.07) is 32.1. The van der Waals surface area contributed by atoms with Crippen LogP contribution in [0.25, 0.3) is 34.0 Å². The molecule has 0 unspecified atom stereocenters. The third-order valence-corrected chi connectivity index (χ3v) is 6.39. The van der Waals surface area contributed by atoms with E-state index in [0.29, 0.717) is 0 Å². The fourth-order valence-corrected chi connectivity index (χ4v) is 4.88. The topological polar surface area (TPSA) is 13.1 Å². The van der Waals surface area contributed by atoms with Crippen molar-refractivity contribution in [3.05, 3.63) is 108 Å². The molecule has 1 aliphatic rings. The Morgan fingerprint density at radius 3 is 2.16 bits per heavy atom. The third kappa shape index (κ3) is 3.73. The first-order valence-electron chi connectivity index (χ1n) is 11.3. The van der Waals surface area contributed by atoms with Gasteiger partial charge in [0.05, 0.1) is 7.11 Å². The zero-order valence-corrected chi connectivity index (χ0v) is 18.7. The van der Waals surface area contributed by atoms with Crippen molar-refractivity contribution in [1.82, 2.24) is 0 Å². The maximum Gasteiger partial charge on any atom is 0.213 e. The Morgan fingerprint density at radius 2 is 1.44 bits per heavy atom. The summed E-state index contributed by atoms with van der Waals surface area (Å²) in [6.07, 6.45) is 5.62. The molecule has 0 aliphatic heterocycles. The number of fused-ring (bicyclic) bond motifs is 1. The van der Waals surface area contributed by atoms with Crippen LogP contribution in [0.1, 0.15) is 29.7 Å². The average Bonchev–Trinajstić information content (AvgIpc) is 2.86. The monoisotopic (exact) mass is 418 g/mol. The molecule has 1 aromatic heterocycles. The molecular weight excluding hydrogens is 390 g/mol. The molecule has 0 radical (unpaired) electrons. The van der Waals surface area contributed by atoms with E-state index in [1.165, 1.54) is 39.2 Å². The van der Waals surface area contributed by atoms with Crippen molar-refractivity contribution in [3.63, 3.8) is 0 Å². The van der Waals surface area contributed by atoms with Crippen LogP contribution in [0, 0.1) is 0 Å². The average molecular weight is 419 g/mol. The maximum absolute atomic E-state index is 5.64. The molecule has 5 rings (SSSR count). The molecule has 0 atom stereocenters. The number of methoxy groups -OCH3 is 1. The molecule has 4 aromatic rings. The number of rotatable bonds is 4. The lowest BCUT2D eigenvalue weighted by molar-refractivity contribution is -0.663. The molecule has 0 bridgehead atoms. The summed E-state index contributed by atoms with van der Waals surface area (Å²) in [6.45, 7) is 0. The quantitative estimate of drug-likeness (QED) is 0.335. The van der Waals surface area contributed by atoms with Crippen LogP contribution in [0.4, 0.5) is 0 Å². The summed E-state index contributed by atoms with van der Waals surface area (Å²) in [5.41, 5.74) is 10.3. The second-order valence-electron chi connectivity index (χ2n) is 8.33. The predicted octanol–water partition coefficient (Wildman–Crippen LogP) is 6.73. The van der Waals surface area contributed by atoms with Crippen LogP contribution < -0.4 is 9.30 Å². The fourth-order valence-electron chi connectivity index (χ4n) is 4.88. The van der Waals surface area contributed by atoms with Crippen LogP contribution in [0.2, 0.25) is 0 Å². The fraction of sp³-hybridized carbons (Fsp3) is 0.167. The van der Waals surface area contributed by atoms with Crippen LogP contribution in [-0.4, -0.2) is 7.11 Å². The van der Waals surface area contributed by atoms with Gasteiger partial charge < -0.3 is 4.74 Å². The summed E-state index contributed by atoms with van der Waals surface area (Å²) in [4.78, 5) is 0. The number of allylic oxidation sites excluding steroid dienone is 1. The second-order valence-corrected chi connectivity index (χ2v) is 8.33. The molecule has 0 saturated heterocycles. The first-order chi connectivity index (χ1) is 15.8. The molecule has 2 heteroatoms. The van der Waals surface area contributed by atoms with E-state index in [-0.39, 0.29) is 0 Å². The van der Waals surface area contributed by atoms with E-state index in [1.54, 1.807) is 7.11 Å². The molecule has 0 saturated carbocycles. The zero-order chi connectivity index (χ0) is 21.9. The Hall–Kier alpha value is -3.65. The van der Waals surface area contributed by atoms with Crippen LogP contribution in [0.5, 0.6) is 5.75 Å². The van der Waals surface area contributed by atoms with Crippen molar-refractivity contribution >= 4 is 11.6 Å². The van der Waals surface area contributed by atoms with Gasteiger partial charge in [-0.1, -0.05) is 66.7 Å². The minimum atomic E-state index is 0.914. The highest BCUT2D eigenvalue weighted by molar-refractivity contribution is 5.86. The van der Waals surface area contributed by atoms with Crippen molar-refractivity contribution in [2.24, 2.45) is 7.05 Å². The number of ether oxygens (including phenoxy) is 1. The Labute approximate surface area is 190 Å². The number of hydrogen-bond donors (Lipinski definition) is 0. The van der Waals surface area contributed by atoms with Gasteiger partial charge in [-0.2, -0.15) is 4.57 Å². The summed E-state index contributed by atoms with van der Waals surface area (Å²) in [5.74, 6) is 0.914. The molecule has 158 valence electrons. The number of para-hydroxylation sites is 1. The third-order valence-electron chi connectivity index (χ3n) is 6.39. The van der Waals surface area contributed by atoms with Gasteiger partial charge in [-0.05, 0) is 54.7 Å². The number of hydrogen-bond acceptors (Lipinski definition) is 1. The lowest BCUT2D eigenvalue weighted by Crippen LogP contribution is -2.38. The highest BCUT2D eigenvalue weighted by Crippen LogP contribution is 2.38. The van der Waals surface area contributed by atoms with Crippen molar-refractivity contribution in [2.45, 2.75) is 19.3 Å². The van der Waals surface area contributed by atoms with E-state index in [2.05, 4.69) is 96.6 Å². The van der Waals surface area contributed by atoms with Crippen molar-refractivity contribution < 1.29 is 9.30 Å². The smallest absolute Gasteiger partial charge is 0.213 e. The number of aromatic nitrogens is 1. The Balaban J connectivity index is 1.78. The summed E-state index contributed by atoms with van der Waals surface area (Å²) < 4.78 is 8.03. The van der Waals surface area contributed by atoms with Crippen molar-refractivity contribution in [2.75, 3.05) is 7.11 Å². The van der Waals surface area contributed by atoms with Gasteiger partial charge in [0.15, 0.2) is 0 Å². The zero-order valence-electron chi connectivity index (χ0n) is 18.7. The van der Waals surface area contributed by atoms with E-state index >= 15 is 0 Å². The predicted molar refractivity (Wildman–Crippen MR) is 132 cm³/mol. The molecule has 32 heavy (non-hydrogen) atoms. The minimum absolute atomic E-state index is 0.914. The van der Waals surface area contributed by atoms with Gasteiger partial charge in [-0.3, -0.25) is 0 Å². The molecule has 0 amide bonds. The van der Waals surface area contributed by atoms with Crippen LogP contribution in [0.15, 0.2) is 91.0 Å². The van der Waals surface area contributed by atoms with Gasteiger partial charge in [-0.15, -0.1) is 0 Å². The van der Waals surface area contributed by atoms with E-state index in [4.69, 9.17) is 4.74 Å². The van der Waals surface area contributed by atoms with Crippen molar-refractivity contribution in [3.8, 4) is 28.1 Å². The highest BCUT2D eigenvalue weighted by Gasteiger charge is 2.29. The lowest BCUT2D eigenvalue weighted by atomic mass is 9.84. The van der Waals surface area contributed by atoms with E-state index < -0.39 is 0 Å². The standard InChI is InChI=1S/C30H28NO/c1-31-28(23-14-7-4-8-15-23)21-27(22-12-5-3-6-13-22)26-18-11-17-25(30(26)31)20-24-16-9-10-19-29(24)32-2/h3-10,12-16,19-21H,11,17-18H2,1-2H3/q+1. The number of nitrogens with zero attached hydrogens (tertiary/aromatic N) is 1. The normalized spacial score (nSPS) is 14.2. The molecule has 2 nitrogen and oxygen atoms in total. The van der Waals surface area contributed by atoms with Gasteiger partial charge in [0.1, 0.15) is 12.8 Å². The molecule has 1 heterocycles. The summed E-state index contributed by atoms with van der Waals surface area (Å²) in [7, 11) is 3.95. The van der Waals surface area contributed by atoms with E-state index in [0.717, 1.165) is 30.6 Å². The Kier molecular flexibility index (Phi) is 5.60. The first kappa shape index (κ1) is 20.3. The molecule has 0 fully saturated rings. The number of benzene rings is 3. The van der Waals surface area contributed by atoms with Crippen LogP contribution in [-0.2, 0) is 13.5 Å². The maximum atomic E-state index is 5.64. The molecule has 1 aliphatic carbocycles. The molecule has 0 spiro atoms. The van der Waals surface area contributed by atoms with E-state index in [9.17, 15) is 0 Å². The lowest BCUT2D eigenvalue weighted by Gasteiger charge is -2.22. The largest absolute Gasteiger partial charge is 0.496 e. The molecule has 0 N–H and O–H groups in total.